The molecule has 0 unspecified atom stereocenters. The van der Waals surface area contributed by atoms with Gasteiger partial charge in [-0.05, 0) is 29.7 Å². The van der Waals surface area contributed by atoms with E-state index in [-0.39, 0.29) is 0 Å². The van der Waals surface area contributed by atoms with Crippen molar-refractivity contribution in [2.75, 3.05) is 0 Å². The number of benzene rings is 1. The molecule has 0 saturated heterocycles. The Morgan fingerprint density at radius 3 is 2.55 bits per heavy atom. The number of hydrogen-bond donors (Lipinski definition) is 0. The molecule has 0 aliphatic rings. The van der Waals surface area contributed by atoms with E-state index in [1.54, 1.807) is 0 Å². The quantitative estimate of drug-likeness (QED) is 0.701. The number of aromatic nitrogens is 2. The van der Waals surface area contributed by atoms with Gasteiger partial charge in [-0.15, -0.1) is 0 Å². The number of rotatable bonds is 3. The maximum absolute atomic E-state index is 4.70. The smallest absolute Gasteiger partial charge is 0.0705 e. The molecule has 0 spiro atoms. The van der Waals surface area contributed by atoms with Gasteiger partial charge in [-0.2, -0.15) is 0 Å². The SMILES string of the molecule is CC(C)c1ccc(Cc2ccc3ccccc3n2)cn1. The summed E-state index contributed by atoms with van der Waals surface area (Å²) < 4.78 is 0. The lowest BCUT2D eigenvalue weighted by molar-refractivity contribution is 0.819. The minimum Gasteiger partial charge on any atom is -0.261 e. The molecule has 100 valence electrons. The fourth-order valence-electron chi connectivity index (χ4n) is 2.30. The van der Waals surface area contributed by atoms with E-state index in [0.29, 0.717) is 5.92 Å². The first-order valence-electron chi connectivity index (χ1n) is 7.02. The zero-order chi connectivity index (χ0) is 13.9. The fourth-order valence-corrected chi connectivity index (χ4v) is 2.30. The minimum absolute atomic E-state index is 0.475. The van der Waals surface area contributed by atoms with Gasteiger partial charge in [0.1, 0.15) is 0 Å². The largest absolute Gasteiger partial charge is 0.261 e. The van der Waals surface area contributed by atoms with E-state index in [1.165, 1.54) is 10.9 Å². The van der Waals surface area contributed by atoms with Gasteiger partial charge in [-0.1, -0.05) is 44.2 Å². The molecule has 0 radical (unpaired) electrons. The molecule has 0 aliphatic heterocycles. The van der Waals surface area contributed by atoms with Gasteiger partial charge in [0.05, 0.1) is 5.52 Å². The van der Waals surface area contributed by atoms with Crippen LogP contribution in [0.15, 0.2) is 54.7 Å². The van der Waals surface area contributed by atoms with Gasteiger partial charge < -0.3 is 0 Å². The summed E-state index contributed by atoms with van der Waals surface area (Å²) in [5.74, 6) is 0.475. The third-order valence-corrected chi connectivity index (χ3v) is 3.48. The summed E-state index contributed by atoms with van der Waals surface area (Å²) in [5, 5.41) is 1.18. The number of para-hydroxylation sites is 1. The summed E-state index contributed by atoms with van der Waals surface area (Å²) in [7, 11) is 0. The summed E-state index contributed by atoms with van der Waals surface area (Å²) >= 11 is 0. The summed E-state index contributed by atoms with van der Waals surface area (Å²) in [6.07, 6.45) is 2.79. The van der Waals surface area contributed by atoms with Crippen LogP contribution in [0.3, 0.4) is 0 Å². The van der Waals surface area contributed by atoms with Crippen LogP contribution in [-0.4, -0.2) is 9.97 Å². The Labute approximate surface area is 119 Å². The van der Waals surface area contributed by atoms with E-state index in [9.17, 15) is 0 Å². The zero-order valence-corrected chi connectivity index (χ0v) is 11.9. The minimum atomic E-state index is 0.475. The van der Waals surface area contributed by atoms with Crippen LogP contribution in [-0.2, 0) is 6.42 Å². The van der Waals surface area contributed by atoms with Gasteiger partial charge in [0.15, 0.2) is 0 Å². The topological polar surface area (TPSA) is 25.8 Å². The van der Waals surface area contributed by atoms with Crippen LogP contribution in [0.5, 0.6) is 0 Å². The molecular weight excluding hydrogens is 244 g/mol. The molecule has 1 aromatic carbocycles. The van der Waals surface area contributed by atoms with Crippen LogP contribution >= 0.6 is 0 Å². The van der Waals surface area contributed by atoms with Gasteiger partial charge in [0, 0.05) is 29.4 Å². The van der Waals surface area contributed by atoms with Crippen molar-refractivity contribution in [2.45, 2.75) is 26.2 Å². The summed E-state index contributed by atoms with van der Waals surface area (Å²) in [4.78, 5) is 9.21. The molecule has 0 bridgehead atoms. The number of hydrogen-bond acceptors (Lipinski definition) is 2. The Morgan fingerprint density at radius 2 is 1.80 bits per heavy atom. The van der Waals surface area contributed by atoms with E-state index < -0.39 is 0 Å². The molecule has 0 amide bonds. The van der Waals surface area contributed by atoms with Crippen molar-refractivity contribution in [1.29, 1.82) is 0 Å². The van der Waals surface area contributed by atoms with Gasteiger partial charge in [0.2, 0.25) is 0 Å². The molecule has 2 heterocycles. The molecule has 2 aromatic heterocycles. The van der Waals surface area contributed by atoms with Crippen molar-refractivity contribution in [3.05, 3.63) is 71.7 Å². The zero-order valence-electron chi connectivity index (χ0n) is 11.9. The van der Waals surface area contributed by atoms with Crippen LogP contribution in [0.1, 0.15) is 36.7 Å². The second-order valence-electron chi connectivity index (χ2n) is 5.42. The first-order valence-corrected chi connectivity index (χ1v) is 7.02. The summed E-state index contributed by atoms with van der Waals surface area (Å²) in [5.41, 5.74) is 4.48. The van der Waals surface area contributed by atoms with Crippen LogP contribution in [0.25, 0.3) is 10.9 Å². The molecule has 0 aliphatic carbocycles. The van der Waals surface area contributed by atoms with E-state index in [2.05, 4.69) is 55.2 Å². The third-order valence-electron chi connectivity index (χ3n) is 3.48. The molecule has 0 saturated carbocycles. The highest BCUT2D eigenvalue weighted by molar-refractivity contribution is 5.78. The van der Waals surface area contributed by atoms with Crippen molar-refractivity contribution >= 4 is 10.9 Å². The molecule has 0 fully saturated rings. The lowest BCUT2D eigenvalue weighted by atomic mass is 10.1. The average Bonchev–Trinajstić information content (AvgIpc) is 2.48. The molecular formula is C18H18N2. The van der Waals surface area contributed by atoms with E-state index in [0.717, 1.165) is 23.3 Å². The Hall–Kier alpha value is -2.22. The van der Waals surface area contributed by atoms with Gasteiger partial charge in [-0.3, -0.25) is 9.97 Å². The Kier molecular flexibility index (Phi) is 3.46. The number of nitrogens with zero attached hydrogens (tertiary/aromatic N) is 2. The van der Waals surface area contributed by atoms with Crippen LogP contribution in [0.2, 0.25) is 0 Å². The summed E-state index contributed by atoms with van der Waals surface area (Å²) in [6, 6.07) is 16.7. The van der Waals surface area contributed by atoms with Gasteiger partial charge in [0.25, 0.3) is 0 Å². The highest BCUT2D eigenvalue weighted by Crippen LogP contribution is 2.16. The van der Waals surface area contributed by atoms with Crippen molar-refractivity contribution in [2.24, 2.45) is 0 Å². The van der Waals surface area contributed by atoms with Crippen LogP contribution < -0.4 is 0 Å². The average molecular weight is 262 g/mol. The standard InChI is InChI=1S/C18H18N2/c1-13(2)17-10-7-14(12-19-17)11-16-9-8-15-5-3-4-6-18(15)20-16/h3-10,12-13H,11H2,1-2H3. The van der Waals surface area contributed by atoms with Crippen molar-refractivity contribution < 1.29 is 0 Å². The second kappa shape index (κ2) is 5.41. The van der Waals surface area contributed by atoms with E-state index in [4.69, 9.17) is 4.98 Å². The fraction of sp³-hybridized carbons (Fsp3) is 0.222. The third kappa shape index (κ3) is 2.69. The molecule has 0 atom stereocenters. The second-order valence-corrected chi connectivity index (χ2v) is 5.42. The van der Waals surface area contributed by atoms with Crippen molar-refractivity contribution in [3.8, 4) is 0 Å². The highest BCUT2D eigenvalue weighted by atomic mass is 14.7. The molecule has 3 rings (SSSR count). The van der Waals surface area contributed by atoms with E-state index in [1.807, 2.05) is 18.3 Å². The molecule has 20 heavy (non-hydrogen) atoms. The van der Waals surface area contributed by atoms with Gasteiger partial charge in [-0.25, -0.2) is 0 Å². The Morgan fingerprint density at radius 1 is 0.950 bits per heavy atom. The lowest BCUT2D eigenvalue weighted by Crippen LogP contribution is -1.96. The highest BCUT2D eigenvalue weighted by Gasteiger charge is 2.03. The molecule has 3 aromatic rings. The Bertz CT molecular complexity index is 715. The first kappa shape index (κ1) is 12.8. The van der Waals surface area contributed by atoms with Crippen LogP contribution in [0.4, 0.5) is 0 Å². The number of fused-ring (bicyclic) bond motifs is 1. The first-order chi connectivity index (χ1) is 9.72. The lowest BCUT2D eigenvalue weighted by Gasteiger charge is -2.06. The normalized spacial score (nSPS) is 11.2. The van der Waals surface area contributed by atoms with Crippen molar-refractivity contribution in [1.82, 2.24) is 9.97 Å². The monoisotopic (exact) mass is 262 g/mol. The summed E-state index contributed by atoms with van der Waals surface area (Å²) in [6.45, 7) is 4.32. The number of pyridine rings is 2. The molecule has 0 N–H and O–H groups in total. The maximum Gasteiger partial charge on any atom is 0.0705 e. The van der Waals surface area contributed by atoms with E-state index >= 15 is 0 Å². The van der Waals surface area contributed by atoms with Crippen molar-refractivity contribution in [3.63, 3.8) is 0 Å². The van der Waals surface area contributed by atoms with Gasteiger partial charge >= 0.3 is 0 Å². The molecule has 2 heteroatoms. The maximum atomic E-state index is 4.70. The van der Waals surface area contributed by atoms with Crippen LogP contribution in [0, 0.1) is 0 Å². The predicted octanol–water partition coefficient (Wildman–Crippen LogP) is 4.34. The predicted molar refractivity (Wildman–Crippen MR) is 82.9 cm³/mol. The molecule has 2 nitrogen and oxygen atoms in total. The Balaban J connectivity index is 1.85.